The summed E-state index contributed by atoms with van der Waals surface area (Å²) in [5.41, 5.74) is 5.45. The van der Waals surface area contributed by atoms with Crippen molar-refractivity contribution in [2.24, 2.45) is 5.73 Å². The molecular formula is C6H13NOS. The van der Waals surface area contributed by atoms with E-state index in [2.05, 4.69) is 0 Å². The Kier molecular flexibility index (Phi) is 2.82. The van der Waals surface area contributed by atoms with Crippen LogP contribution in [0.5, 0.6) is 0 Å². The van der Waals surface area contributed by atoms with Crippen LogP contribution in [0, 0.1) is 0 Å². The van der Waals surface area contributed by atoms with E-state index in [-0.39, 0.29) is 6.10 Å². The van der Waals surface area contributed by atoms with Gasteiger partial charge < -0.3 is 10.8 Å². The molecule has 1 rings (SSSR count). The first-order valence-corrected chi connectivity index (χ1v) is 4.37. The van der Waals surface area contributed by atoms with Crippen molar-refractivity contribution >= 4 is 11.8 Å². The van der Waals surface area contributed by atoms with Gasteiger partial charge in [-0.25, -0.2) is 0 Å². The van der Waals surface area contributed by atoms with E-state index in [4.69, 9.17) is 10.8 Å². The lowest BCUT2D eigenvalue weighted by Crippen LogP contribution is -2.26. The number of aliphatic hydroxyl groups is 1. The zero-order valence-corrected chi connectivity index (χ0v) is 6.23. The average Bonchev–Trinajstić information content (AvgIpc) is 1.90. The second kappa shape index (κ2) is 3.44. The molecule has 2 nitrogen and oxygen atoms in total. The van der Waals surface area contributed by atoms with Gasteiger partial charge in [0.05, 0.1) is 6.10 Å². The van der Waals surface area contributed by atoms with Crippen molar-refractivity contribution in [3.8, 4) is 0 Å². The summed E-state index contributed by atoms with van der Waals surface area (Å²) < 4.78 is 0. The highest BCUT2D eigenvalue weighted by atomic mass is 32.2. The molecule has 1 saturated heterocycles. The van der Waals surface area contributed by atoms with Gasteiger partial charge in [-0.3, -0.25) is 0 Å². The first kappa shape index (κ1) is 7.38. The van der Waals surface area contributed by atoms with Crippen LogP contribution < -0.4 is 5.73 Å². The number of hydrogen-bond donors (Lipinski definition) is 2. The molecule has 0 aromatic rings. The molecule has 0 bridgehead atoms. The Bertz CT molecular complexity index is 81.1. The SMILES string of the molecule is NC[C@@H]1CC[C@H](O)CS1. The molecule has 0 spiro atoms. The Morgan fingerprint density at radius 1 is 1.56 bits per heavy atom. The molecule has 54 valence electrons. The summed E-state index contributed by atoms with van der Waals surface area (Å²) in [5.74, 6) is 0.877. The molecule has 0 aromatic carbocycles. The van der Waals surface area contributed by atoms with E-state index < -0.39 is 0 Å². The van der Waals surface area contributed by atoms with E-state index in [0.29, 0.717) is 5.25 Å². The van der Waals surface area contributed by atoms with E-state index in [1.807, 2.05) is 0 Å². The molecule has 0 radical (unpaired) electrons. The van der Waals surface area contributed by atoms with Crippen molar-refractivity contribution < 1.29 is 5.11 Å². The van der Waals surface area contributed by atoms with Crippen molar-refractivity contribution in [2.75, 3.05) is 12.3 Å². The van der Waals surface area contributed by atoms with Crippen molar-refractivity contribution in [2.45, 2.75) is 24.2 Å². The minimum Gasteiger partial charge on any atom is -0.392 e. The summed E-state index contributed by atoms with van der Waals surface area (Å²) in [5, 5.41) is 9.67. The van der Waals surface area contributed by atoms with E-state index in [9.17, 15) is 0 Å². The molecule has 1 heterocycles. The van der Waals surface area contributed by atoms with Crippen molar-refractivity contribution in [1.82, 2.24) is 0 Å². The summed E-state index contributed by atoms with van der Waals surface area (Å²) in [6.07, 6.45) is 1.95. The van der Waals surface area contributed by atoms with Gasteiger partial charge in [-0.1, -0.05) is 0 Å². The standard InChI is InChI=1S/C6H13NOS/c7-3-6-2-1-5(8)4-9-6/h5-6,8H,1-4,7H2/t5-,6-/m0/s1. The number of hydrogen-bond acceptors (Lipinski definition) is 3. The van der Waals surface area contributed by atoms with Crippen LogP contribution in [0.2, 0.25) is 0 Å². The predicted molar refractivity (Wildman–Crippen MR) is 40.5 cm³/mol. The van der Waals surface area contributed by atoms with E-state index in [0.717, 1.165) is 25.1 Å². The molecule has 1 aliphatic rings. The normalized spacial score (nSPS) is 36.7. The van der Waals surface area contributed by atoms with Crippen LogP contribution >= 0.6 is 11.8 Å². The molecule has 3 N–H and O–H groups in total. The lowest BCUT2D eigenvalue weighted by molar-refractivity contribution is 0.181. The Morgan fingerprint density at radius 2 is 2.33 bits per heavy atom. The third-order valence-corrected chi connectivity index (χ3v) is 3.09. The number of rotatable bonds is 1. The first-order valence-electron chi connectivity index (χ1n) is 3.32. The van der Waals surface area contributed by atoms with Crippen molar-refractivity contribution in [1.29, 1.82) is 0 Å². The summed E-state index contributed by atoms with van der Waals surface area (Å²) in [4.78, 5) is 0. The number of aliphatic hydroxyl groups excluding tert-OH is 1. The van der Waals surface area contributed by atoms with Crippen LogP contribution in [0.15, 0.2) is 0 Å². The lowest BCUT2D eigenvalue weighted by Gasteiger charge is -2.23. The summed E-state index contributed by atoms with van der Waals surface area (Å²) in [6.45, 7) is 0.761. The molecule has 0 aromatic heterocycles. The molecular weight excluding hydrogens is 134 g/mol. The molecule has 0 amide bonds. The maximum atomic E-state index is 9.06. The fraction of sp³-hybridized carbons (Fsp3) is 1.00. The third-order valence-electron chi connectivity index (χ3n) is 1.61. The molecule has 0 aliphatic carbocycles. The molecule has 0 saturated carbocycles. The fourth-order valence-electron chi connectivity index (χ4n) is 0.978. The van der Waals surface area contributed by atoms with Crippen molar-refractivity contribution in [3.05, 3.63) is 0 Å². The van der Waals surface area contributed by atoms with Gasteiger partial charge in [0, 0.05) is 17.5 Å². The fourth-order valence-corrected chi connectivity index (χ4v) is 2.08. The maximum Gasteiger partial charge on any atom is 0.0631 e. The van der Waals surface area contributed by atoms with E-state index >= 15 is 0 Å². The largest absolute Gasteiger partial charge is 0.392 e. The second-order valence-electron chi connectivity index (χ2n) is 2.42. The lowest BCUT2D eigenvalue weighted by atomic mass is 10.1. The number of thioether (sulfide) groups is 1. The van der Waals surface area contributed by atoms with Gasteiger partial charge >= 0.3 is 0 Å². The first-order chi connectivity index (χ1) is 4.33. The maximum absolute atomic E-state index is 9.06. The number of nitrogens with two attached hydrogens (primary N) is 1. The zero-order valence-electron chi connectivity index (χ0n) is 5.42. The molecule has 1 fully saturated rings. The monoisotopic (exact) mass is 147 g/mol. The summed E-state index contributed by atoms with van der Waals surface area (Å²) >= 11 is 1.80. The van der Waals surface area contributed by atoms with Crippen LogP contribution in [0.3, 0.4) is 0 Å². The highest BCUT2D eigenvalue weighted by Gasteiger charge is 2.17. The molecule has 9 heavy (non-hydrogen) atoms. The third kappa shape index (κ3) is 2.16. The van der Waals surface area contributed by atoms with Crippen LogP contribution in [0.4, 0.5) is 0 Å². The van der Waals surface area contributed by atoms with Gasteiger partial charge in [-0.2, -0.15) is 11.8 Å². The van der Waals surface area contributed by atoms with E-state index in [1.54, 1.807) is 11.8 Å². The van der Waals surface area contributed by atoms with Crippen LogP contribution in [-0.4, -0.2) is 28.8 Å². The Labute approximate surface area is 59.8 Å². The average molecular weight is 147 g/mol. The Balaban J connectivity index is 2.18. The van der Waals surface area contributed by atoms with Gasteiger partial charge in [0.25, 0.3) is 0 Å². The van der Waals surface area contributed by atoms with Crippen LogP contribution in [0.1, 0.15) is 12.8 Å². The van der Waals surface area contributed by atoms with Gasteiger partial charge in [-0.15, -0.1) is 0 Å². The topological polar surface area (TPSA) is 46.2 Å². The second-order valence-corrected chi connectivity index (χ2v) is 3.76. The highest BCUT2D eigenvalue weighted by Crippen LogP contribution is 2.23. The molecule has 2 atom stereocenters. The molecule has 0 unspecified atom stereocenters. The minimum atomic E-state index is -0.0715. The van der Waals surface area contributed by atoms with Crippen molar-refractivity contribution in [3.63, 3.8) is 0 Å². The van der Waals surface area contributed by atoms with Gasteiger partial charge in [0.15, 0.2) is 0 Å². The van der Waals surface area contributed by atoms with E-state index in [1.165, 1.54) is 0 Å². The quantitative estimate of drug-likeness (QED) is 0.557. The molecule has 3 heteroatoms. The van der Waals surface area contributed by atoms with Gasteiger partial charge in [-0.05, 0) is 12.8 Å². The van der Waals surface area contributed by atoms with Gasteiger partial charge in [0.1, 0.15) is 0 Å². The summed E-state index contributed by atoms with van der Waals surface area (Å²) in [7, 11) is 0. The summed E-state index contributed by atoms with van der Waals surface area (Å²) in [6, 6.07) is 0. The zero-order chi connectivity index (χ0) is 6.69. The predicted octanol–water partition coefficient (Wildman–Crippen LogP) is 0.202. The smallest absolute Gasteiger partial charge is 0.0631 e. The Hall–Kier alpha value is 0.270. The van der Waals surface area contributed by atoms with Crippen LogP contribution in [0.25, 0.3) is 0 Å². The highest BCUT2D eigenvalue weighted by molar-refractivity contribution is 8.00. The van der Waals surface area contributed by atoms with Crippen LogP contribution in [-0.2, 0) is 0 Å². The Morgan fingerprint density at radius 3 is 2.78 bits per heavy atom. The van der Waals surface area contributed by atoms with Gasteiger partial charge in [0.2, 0.25) is 0 Å². The molecule has 1 aliphatic heterocycles. The minimum absolute atomic E-state index is 0.0715.